The van der Waals surface area contributed by atoms with E-state index in [1.807, 2.05) is 0 Å². The van der Waals surface area contributed by atoms with E-state index in [2.05, 4.69) is 22.4 Å². The number of halogens is 3. The Hall–Kier alpha value is -1.61. The van der Waals surface area contributed by atoms with E-state index in [0.717, 1.165) is 24.3 Å². The van der Waals surface area contributed by atoms with E-state index in [9.17, 15) is 18.0 Å². The number of unbranched alkanes of at least 4 members (excludes halogenated alkanes) is 1. The number of nitrogens with zero attached hydrogens (tertiary/aromatic N) is 2. The molecule has 1 heterocycles. The van der Waals surface area contributed by atoms with E-state index in [1.165, 1.54) is 35.6 Å². The molecule has 0 radical (unpaired) electrons. The van der Waals surface area contributed by atoms with Crippen molar-refractivity contribution in [1.29, 1.82) is 0 Å². The predicted molar refractivity (Wildman–Crippen MR) is 84.8 cm³/mol. The van der Waals surface area contributed by atoms with Crippen LogP contribution in [0.2, 0.25) is 0 Å². The quantitative estimate of drug-likeness (QED) is 0.755. The lowest BCUT2D eigenvalue weighted by Crippen LogP contribution is -2.11. The number of hydrogen-bond donors (Lipinski definition) is 1. The van der Waals surface area contributed by atoms with Gasteiger partial charge in [-0.3, -0.25) is 10.1 Å². The molecule has 0 aliphatic carbocycles. The Labute approximate surface area is 139 Å². The summed E-state index contributed by atoms with van der Waals surface area (Å²) in [7, 11) is 0. The molecule has 0 aliphatic heterocycles. The van der Waals surface area contributed by atoms with Crippen molar-refractivity contribution < 1.29 is 18.0 Å². The maximum Gasteiger partial charge on any atom is 0.446 e. The van der Waals surface area contributed by atoms with Gasteiger partial charge in [0.1, 0.15) is 5.01 Å². The summed E-state index contributed by atoms with van der Waals surface area (Å²) in [6.07, 6.45) is 2.86. The topological polar surface area (TPSA) is 54.9 Å². The fraction of sp³-hybridized carbons (Fsp3) is 0.357. The predicted octanol–water partition coefficient (Wildman–Crippen LogP) is 4.74. The molecular weight excluding hydrogens is 347 g/mol. The first-order valence-corrected chi connectivity index (χ1v) is 8.50. The number of benzene rings is 1. The second-order valence-corrected chi connectivity index (χ2v) is 6.83. The Morgan fingerprint density at radius 3 is 2.57 bits per heavy atom. The van der Waals surface area contributed by atoms with Crippen molar-refractivity contribution in [2.45, 2.75) is 36.6 Å². The highest BCUT2D eigenvalue weighted by atomic mass is 32.2. The molecule has 0 fully saturated rings. The lowest BCUT2D eigenvalue weighted by atomic mass is 10.2. The Bertz CT molecular complexity index is 656. The van der Waals surface area contributed by atoms with Crippen LogP contribution in [0, 0.1) is 0 Å². The molecular formula is C14H14F3N3OS2. The van der Waals surface area contributed by atoms with Crippen LogP contribution in [0.5, 0.6) is 0 Å². The zero-order chi connectivity index (χ0) is 16.9. The van der Waals surface area contributed by atoms with Gasteiger partial charge in [0.05, 0.1) is 0 Å². The number of alkyl halides is 3. The third-order valence-electron chi connectivity index (χ3n) is 2.78. The molecule has 0 unspecified atom stereocenters. The average molecular weight is 361 g/mol. The summed E-state index contributed by atoms with van der Waals surface area (Å²) in [5.41, 5.74) is -4.08. The monoisotopic (exact) mass is 361 g/mol. The SMILES string of the molecule is CCCCc1nnc(NC(=O)c2ccc(SC(F)(F)F)cc2)s1. The van der Waals surface area contributed by atoms with Gasteiger partial charge in [-0.1, -0.05) is 24.7 Å². The maximum absolute atomic E-state index is 12.2. The molecule has 2 aromatic rings. The molecule has 1 aromatic heterocycles. The van der Waals surface area contributed by atoms with Crippen molar-refractivity contribution >= 4 is 34.1 Å². The highest BCUT2D eigenvalue weighted by molar-refractivity contribution is 8.00. The van der Waals surface area contributed by atoms with Gasteiger partial charge >= 0.3 is 5.51 Å². The van der Waals surface area contributed by atoms with Crippen LogP contribution in [-0.2, 0) is 6.42 Å². The molecule has 0 aliphatic rings. The van der Waals surface area contributed by atoms with E-state index in [1.54, 1.807) is 0 Å². The molecule has 23 heavy (non-hydrogen) atoms. The van der Waals surface area contributed by atoms with Crippen LogP contribution < -0.4 is 5.32 Å². The van der Waals surface area contributed by atoms with Crippen LogP contribution in [0.1, 0.15) is 35.1 Å². The van der Waals surface area contributed by atoms with Crippen molar-refractivity contribution in [3.8, 4) is 0 Å². The first-order chi connectivity index (χ1) is 10.9. The third-order valence-corrected chi connectivity index (χ3v) is 4.42. The number of nitrogens with one attached hydrogen (secondary N) is 1. The number of carbonyl (C=O) groups excluding carboxylic acids is 1. The average Bonchev–Trinajstić information content (AvgIpc) is 2.91. The first kappa shape index (κ1) is 17.7. The lowest BCUT2D eigenvalue weighted by Gasteiger charge is -2.06. The molecule has 1 aromatic carbocycles. The van der Waals surface area contributed by atoms with Crippen LogP contribution in [0.4, 0.5) is 18.3 Å². The van der Waals surface area contributed by atoms with E-state index in [0.29, 0.717) is 5.13 Å². The van der Waals surface area contributed by atoms with E-state index in [-0.39, 0.29) is 22.2 Å². The van der Waals surface area contributed by atoms with Crippen molar-refractivity contribution in [3.05, 3.63) is 34.8 Å². The van der Waals surface area contributed by atoms with Gasteiger partial charge in [-0.2, -0.15) is 13.2 Å². The van der Waals surface area contributed by atoms with Crippen LogP contribution >= 0.6 is 23.1 Å². The summed E-state index contributed by atoms with van der Waals surface area (Å²) >= 11 is 1.08. The Balaban J connectivity index is 1.96. The molecule has 1 N–H and O–H groups in total. The van der Waals surface area contributed by atoms with Gasteiger partial charge in [-0.05, 0) is 42.4 Å². The van der Waals surface area contributed by atoms with Gasteiger partial charge in [-0.25, -0.2) is 0 Å². The number of hydrogen-bond acceptors (Lipinski definition) is 5. The van der Waals surface area contributed by atoms with Gasteiger partial charge in [0.15, 0.2) is 0 Å². The fourth-order valence-corrected chi connectivity index (χ4v) is 3.03. The summed E-state index contributed by atoms with van der Waals surface area (Å²) in [5, 5.41) is 11.7. The number of rotatable bonds is 6. The van der Waals surface area contributed by atoms with Gasteiger partial charge in [-0.15, -0.1) is 10.2 Å². The molecule has 0 spiro atoms. The normalized spacial score (nSPS) is 11.5. The van der Waals surface area contributed by atoms with Crippen LogP contribution in [0.15, 0.2) is 29.2 Å². The molecule has 2 rings (SSSR count). The smallest absolute Gasteiger partial charge is 0.296 e. The van der Waals surface area contributed by atoms with E-state index in [4.69, 9.17) is 0 Å². The van der Waals surface area contributed by atoms with Crippen LogP contribution in [-0.4, -0.2) is 21.6 Å². The minimum absolute atomic E-state index is 0.0341. The minimum atomic E-state index is -4.34. The van der Waals surface area contributed by atoms with Crippen molar-refractivity contribution in [1.82, 2.24) is 10.2 Å². The standard InChI is InChI=1S/C14H14F3N3OS2/c1-2-3-4-11-19-20-13(22-11)18-12(21)9-5-7-10(8-6-9)23-14(15,16)17/h5-8H,2-4H2,1H3,(H,18,20,21). The number of thioether (sulfide) groups is 1. The first-order valence-electron chi connectivity index (χ1n) is 6.87. The highest BCUT2D eigenvalue weighted by Gasteiger charge is 2.29. The number of anilines is 1. The zero-order valence-corrected chi connectivity index (χ0v) is 13.8. The van der Waals surface area contributed by atoms with Crippen molar-refractivity contribution in [2.24, 2.45) is 0 Å². The molecule has 4 nitrogen and oxygen atoms in total. The molecule has 0 bridgehead atoms. The van der Waals surface area contributed by atoms with Gasteiger partial charge < -0.3 is 0 Å². The summed E-state index contributed by atoms with van der Waals surface area (Å²) in [6, 6.07) is 5.23. The molecule has 0 saturated carbocycles. The fourth-order valence-electron chi connectivity index (χ4n) is 1.71. The second kappa shape index (κ2) is 7.78. The van der Waals surface area contributed by atoms with E-state index >= 15 is 0 Å². The third kappa shape index (κ3) is 5.83. The largest absolute Gasteiger partial charge is 0.446 e. The Morgan fingerprint density at radius 2 is 1.96 bits per heavy atom. The second-order valence-electron chi connectivity index (χ2n) is 4.63. The molecule has 0 saturated heterocycles. The molecule has 1 amide bonds. The molecule has 0 atom stereocenters. The summed E-state index contributed by atoms with van der Waals surface area (Å²) in [5.74, 6) is -0.424. The molecule has 9 heteroatoms. The van der Waals surface area contributed by atoms with Gasteiger partial charge in [0, 0.05) is 16.9 Å². The highest BCUT2D eigenvalue weighted by Crippen LogP contribution is 2.36. The van der Waals surface area contributed by atoms with Gasteiger partial charge in [0.25, 0.3) is 5.91 Å². The summed E-state index contributed by atoms with van der Waals surface area (Å²) in [6.45, 7) is 2.07. The maximum atomic E-state index is 12.2. The zero-order valence-electron chi connectivity index (χ0n) is 12.2. The Kier molecular flexibility index (Phi) is 6.00. The van der Waals surface area contributed by atoms with Gasteiger partial charge in [0.2, 0.25) is 5.13 Å². The lowest BCUT2D eigenvalue weighted by molar-refractivity contribution is -0.0328. The molecule has 124 valence electrons. The number of amides is 1. The summed E-state index contributed by atoms with van der Waals surface area (Å²) in [4.78, 5) is 12.1. The number of carbonyl (C=O) groups is 1. The van der Waals surface area contributed by atoms with Crippen molar-refractivity contribution in [2.75, 3.05) is 5.32 Å². The van der Waals surface area contributed by atoms with Crippen LogP contribution in [0.25, 0.3) is 0 Å². The Morgan fingerprint density at radius 1 is 1.26 bits per heavy atom. The van der Waals surface area contributed by atoms with Crippen molar-refractivity contribution in [3.63, 3.8) is 0 Å². The van der Waals surface area contributed by atoms with E-state index < -0.39 is 11.4 Å². The number of aryl methyl sites for hydroxylation is 1. The minimum Gasteiger partial charge on any atom is -0.296 e. The number of aromatic nitrogens is 2. The van der Waals surface area contributed by atoms with Crippen LogP contribution in [0.3, 0.4) is 0 Å². The summed E-state index contributed by atoms with van der Waals surface area (Å²) < 4.78 is 36.7.